The van der Waals surface area contributed by atoms with Gasteiger partial charge in [0, 0.05) is 24.0 Å². The predicted molar refractivity (Wildman–Crippen MR) is 124 cm³/mol. The van der Waals surface area contributed by atoms with E-state index in [2.05, 4.69) is 0 Å². The molecule has 0 N–H and O–H groups in total. The van der Waals surface area contributed by atoms with E-state index < -0.39 is 0 Å². The molecule has 6 nitrogen and oxygen atoms in total. The Bertz CT molecular complexity index is 1260. The molecule has 0 spiro atoms. The lowest BCUT2D eigenvalue weighted by molar-refractivity contribution is -0.129. The van der Waals surface area contributed by atoms with Crippen molar-refractivity contribution in [1.29, 1.82) is 0 Å². The molecule has 4 aromatic rings. The Morgan fingerprint density at radius 1 is 1.10 bits per heavy atom. The number of hydrogen-bond acceptors (Lipinski definition) is 6. The third kappa shape index (κ3) is 3.93. The third-order valence-corrected chi connectivity index (χ3v) is 7.21. The number of fused-ring (bicyclic) bond motifs is 1. The largest absolute Gasteiger partial charge is 0.464 e. The van der Waals surface area contributed by atoms with E-state index in [1.165, 1.54) is 29.5 Å². The number of nitrogens with zero attached hydrogens (tertiary/aromatic N) is 3. The first-order valence-electron chi connectivity index (χ1n) is 10.3. The SMILES string of the molecule is O=C(CSc1nc2scc(-c3ccco3)c2c(=O)n1-c1ccccc1)N1CCCCC1. The fourth-order valence-corrected chi connectivity index (χ4v) is 5.73. The first-order valence-corrected chi connectivity index (χ1v) is 12.1. The van der Waals surface area contributed by atoms with Crippen molar-refractivity contribution in [3.63, 3.8) is 0 Å². The summed E-state index contributed by atoms with van der Waals surface area (Å²) in [4.78, 5) is 33.7. The zero-order chi connectivity index (χ0) is 21.2. The molecule has 1 aromatic carbocycles. The molecule has 4 heterocycles. The van der Waals surface area contributed by atoms with Crippen molar-refractivity contribution in [3.05, 3.63) is 64.5 Å². The van der Waals surface area contributed by atoms with Crippen LogP contribution in [-0.2, 0) is 4.79 Å². The summed E-state index contributed by atoms with van der Waals surface area (Å²) in [6.07, 6.45) is 4.89. The van der Waals surface area contributed by atoms with Crippen LogP contribution < -0.4 is 5.56 Å². The van der Waals surface area contributed by atoms with Crippen molar-refractivity contribution in [2.75, 3.05) is 18.8 Å². The molecule has 0 bridgehead atoms. The van der Waals surface area contributed by atoms with E-state index in [-0.39, 0.29) is 17.2 Å². The first kappa shape index (κ1) is 20.1. The molecule has 1 fully saturated rings. The van der Waals surface area contributed by atoms with E-state index in [0.717, 1.165) is 37.2 Å². The maximum atomic E-state index is 13.7. The summed E-state index contributed by atoms with van der Waals surface area (Å²) in [7, 11) is 0. The minimum Gasteiger partial charge on any atom is -0.464 e. The maximum absolute atomic E-state index is 13.7. The smallest absolute Gasteiger partial charge is 0.268 e. The topological polar surface area (TPSA) is 68.3 Å². The number of piperidine rings is 1. The Morgan fingerprint density at radius 3 is 2.65 bits per heavy atom. The molecule has 1 aliphatic heterocycles. The number of para-hydroxylation sites is 1. The number of thioether (sulfide) groups is 1. The van der Waals surface area contributed by atoms with E-state index in [0.29, 0.717) is 21.1 Å². The van der Waals surface area contributed by atoms with Gasteiger partial charge in [0.15, 0.2) is 5.16 Å². The number of thiophene rings is 1. The molecule has 0 unspecified atom stereocenters. The minimum atomic E-state index is -0.156. The highest BCUT2D eigenvalue weighted by Gasteiger charge is 2.22. The number of carbonyl (C=O) groups excluding carboxylic acids is 1. The summed E-state index contributed by atoms with van der Waals surface area (Å²) in [5.74, 6) is 1.01. The van der Waals surface area contributed by atoms with Crippen LogP contribution in [0.3, 0.4) is 0 Å². The Hall–Kier alpha value is -2.84. The van der Waals surface area contributed by atoms with Gasteiger partial charge < -0.3 is 9.32 Å². The lowest BCUT2D eigenvalue weighted by Crippen LogP contribution is -2.36. The molecule has 5 rings (SSSR count). The lowest BCUT2D eigenvalue weighted by Gasteiger charge is -2.26. The highest BCUT2D eigenvalue weighted by molar-refractivity contribution is 7.99. The Balaban J connectivity index is 1.57. The van der Waals surface area contributed by atoms with E-state index in [1.54, 1.807) is 16.9 Å². The van der Waals surface area contributed by atoms with Gasteiger partial charge in [-0.1, -0.05) is 30.0 Å². The van der Waals surface area contributed by atoms with Gasteiger partial charge in [-0.3, -0.25) is 14.2 Å². The summed E-state index contributed by atoms with van der Waals surface area (Å²) < 4.78 is 7.15. The molecule has 3 aromatic heterocycles. The summed E-state index contributed by atoms with van der Waals surface area (Å²) >= 11 is 2.74. The fourth-order valence-electron chi connectivity index (χ4n) is 3.85. The van der Waals surface area contributed by atoms with Gasteiger partial charge in [0.05, 0.1) is 23.1 Å². The van der Waals surface area contributed by atoms with Crippen molar-refractivity contribution in [2.45, 2.75) is 24.4 Å². The molecule has 0 aliphatic carbocycles. The zero-order valence-corrected chi connectivity index (χ0v) is 18.5. The molecular formula is C23H21N3O3S2. The standard InChI is InChI=1S/C23H21N3O3S2/c27-19(25-11-5-2-6-12-25)15-31-23-24-21-20(17(14-30-21)18-10-7-13-29-18)22(28)26(23)16-8-3-1-4-9-16/h1,3-4,7-10,13-14H,2,5-6,11-12,15H2. The number of furan rings is 1. The average Bonchev–Trinajstić information content (AvgIpc) is 3.48. The van der Waals surface area contributed by atoms with Crippen LogP contribution in [-0.4, -0.2) is 39.2 Å². The van der Waals surface area contributed by atoms with E-state index in [9.17, 15) is 9.59 Å². The van der Waals surface area contributed by atoms with Crippen LogP contribution in [0.4, 0.5) is 0 Å². The fraction of sp³-hybridized carbons (Fsp3) is 0.261. The molecule has 0 atom stereocenters. The molecule has 0 radical (unpaired) electrons. The van der Waals surface area contributed by atoms with Gasteiger partial charge in [0.2, 0.25) is 5.91 Å². The minimum absolute atomic E-state index is 0.0983. The van der Waals surface area contributed by atoms with Gasteiger partial charge in [-0.2, -0.15) is 0 Å². The zero-order valence-electron chi connectivity index (χ0n) is 16.8. The second kappa shape index (κ2) is 8.72. The van der Waals surface area contributed by atoms with Crippen LogP contribution >= 0.6 is 23.1 Å². The number of likely N-dealkylation sites (tertiary alicyclic amines) is 1. The molecular weight excluding hydrogens is 430 g/mol. The molecule has 1 saturated heterocycles. The van der Waals surface area contributed by atoms with E-state index >= 15 is 0 Å². The highest BCUT2D eigenvalue weighted by atomic mass is 32.2. The average molecular weight is 452 g/mol. The number of hydrogen-bond donors (Lipinski definition) is 0. The quantitative estimate of drug-likeness (QED) is 0.322. The van der Waals surface area contributed by atoms with Crippen LogP contribution in [0.1, 0.15) is 19.3 Å². The van der Waals surface area contributed by atoms with Crippen molar-refractivity contribution >= 4 is 39.2 Å². The van der Waals surface area contributed by atoms with Crippen molar-refractivity contribution < 1.29 is 9.21 Å². The van der Waals surface area contributed by atoms with Gasteiger partial charge in [-0.05, 0) is 43.5 Å². The van der Waals surface area contributed by atoms with Crippen LogP contribution in [0.2, 0.25) is 0 Å². The first-order chi connectivity index (χ1) is 15.2. The van der Waals surface area contributed by atoms with Crippen LogP contribution in [0.25, 0.3) is 27.2 Å². The summed E-state index contributed by atoms with van der Waals surface area (Å²) in [6, 6.07) is 13.1. The molecule has 0 saturated carbocycles. The molecule has 8 heteroatoms. The maximum Gasteiger partial charge on any atom is 0.268 e. The third-order valence-electron chi connectivity index (χ3n) is 5.41. The van der Waals surface area contributed by atoms with Gasteiger partial charge in [-0.15, -0.1) is 11.3 Å². The summed E-state index contributed by atoms with van der Waals surface area (Å²) in [6.45, 7) is 1.63. The molecule has 1 amide bonds. The second-order valence-electron chi connectivity index (χ2n) is 7.41. The van der Waals surface area contributed by atoms with Gasteiger partial charge in [0.25, 0.3) is 5.56 Å². The number of amides is 1. The van der Waals surface area contributed by atoms with E-state index in [1.807, 2.05) is 46.7 Å². The summed E-state index contributed by atoms with van der Waals surface area (Å²) in [5.41, 5.74) is 1.32. The molecule has 31 heavy (non-hydrogen) atoms. The van der Waals surface area contributed by atoms with Crippen LogP contribution in [0.5, 0.6) is 0 Å². The monoisotopic (exact) mass is 451 g/mol. The van der Waals surface area contributed by atoms with Crippen molar-refractivity contribution in [3.8, 4) is 17.0 Å². The summed E-state index contributed by atoms with van der Waals surface area (Å²) in [5, 5.41) is 2.97. The van der Waals surface area contributed by atoms with Crippen LogP contribution in [0.15, 0.2) is 68.5 Å². The Labute approximate surface area is 187 Å². The highest BCUT2D eigenvalue weighted by Crippen LogP contribution is 2.33. The molecule has 1 aliphatic rings. The van der Waals surface area contributed by atoms with E-state index in [4.69, 9.17) is 9.40 Å². The normalized spacial score (nSPS) is 14.3. The lowest BCUT2D eigenvalue weighted by atomic mass is 10.1. The van der Waals surface area contributed by atoms with Crippen molar-refractivity contribution in [1.82, 2.24) is 14.5 Å². The van der Waals surface area contributed by atoms with Crippen molar-refractivity contribution in [2.24, 2.45) is 0 Å². The number of aromatic nitrogens is 2. The number of carbonyl (C=O) groups is 1. The second-order valence-corrected chi connectivity index (χ2v) is 9.21. The van der Waals surface area contributed by atoms with Gasteiger partial charge in [-0.25, -0.2) is 4.98 Å². The van der Waals surface area contributed by atoms with Gasteiger partial charge >= 0.3 is 0 Å². The van der Waals surface area contributed by atoms with Crippen LogP contribution in [0, 0.1) is 0 Å². The number of rotatable bonds is 5. The Kier molecular flexibility index (Phi) is 5.65. The number of benzene rings is 1. The Morgan fingerprint density at radius 2 is 1.90 bits per heavy atom. The predicted octanol–water partition coefficient (Wildman–Crippen LogP) is 4.81. The molecule has 158 valence electrons. The van der Waals surface area contributed by atoms with Gasteiger partial charge in [0.1, 0.15) is 10.6 Å².